The Morgan fingerprint density at radius 3 is 2.03 bits per heavy atom. The zero-order chi connectivity index (χ0) is 28.6. The lowest BCUT2D eigenvalue weighted by atomic mass is 9.69. The molecular weight excluding hydrogens is 482 g/mol. The van der Waals surface area contributed by atoms with Crippen molar-refractivity contribution >= 4 is 12.0 Å². The summed E-state index contributed by atoms with van der Waals surface area (Å²) in [7, 11) is 0. The molecule has 0 fully saturated rings. The summed E-state index contributed by atoms with van der Waals surface area (Å²) in [6.07, 6.45) is 9.40. The van der Waals surface area contributed by atoms with Gasteiger partial charge in [-0.3, -0.25) is 9.78 Å². The van der Waals surface area contributed by atoms with Crippen molar-refractivity contribution in [2.45, 2.75) is 91.6 Å². The molecule has 0 unspecified atom stereocenters. The molecule has 0 aliphatic carbocycles. The summed E-state index contributed by atoms with van der Waals surface area (Å²) >= 11 is 0. The number of aryl methyl sites for hydroxylation is 2. The Morgan fingerprint density at radius 2 is 1.51 bits per heavy atom. The zero-order valence-corrected chi connectivity index (χ0v) is 24.8. The van der Waals surface area contributed by atoms with Crippen molar-refractivity contribution in [3.8, 4) is 11.3 Å². The van der Waals surface area contributed by atoms with Crippen LogP contribution in [0.25, 0.3) is 17.3 Å². The summed E-state index contributed by atoms with van der Waals surface area (Å²) in [6.45, 7) is 15.1. The second-order valence-corrected chi connectivity index (χ2v) is 10.6. The standard InChI is InChI=1S/C35H45NO3/c1-8-34(38,9-2)20-19-28-14-15-29(21-25(28)6)35(10-3,11-4)30-16-17-31(26(7)22-30)32-18-13-27(24-36-32)23-33(37)39-12-5/h13-22,24,38H,8-12,23H2,1-7H3/b20-19+. The molecule has 0 amide bonds. The number of carbonyl (C=O) groups is 1. The van der Waals surface area contributed by atoms with Gasteiger partial charge in [0.1, 0.15) is 0 Å². The number of rotatable bonds is 12. The third-order valence-corrected chi connectivity index (χ3v) is 8.36. The Bertz CT molecular complexity index is 1280. The highest BCUT2D eigenvalue weighted by Gasteiger charge is 2.31. The van der Waals surface area contributed by atoms with Crippen LogP contribution in [0.2, 0.25) is 0 Å². The number of esters is 1. The topological polar surface area (TPSA) is 59.4 Å². The Morgan fingerprint density at radius 1 is 0.872 bits per heavy atom. The van der Waals surface area contributed by atoms with Crippen molar-refractivity contribution in [1.29, 1.82) is 0 Å². The van der Waals surface area contributed by atoms with E-state index < -0.39 is 5.60 Å². The minimum Gasteiger partial charge on any atom is -0.466 e. The Hall–Kier alpha value is -3.24. The van der Waals surface area contributed by atoms with E-state index in [4.69, 9.17) is 4.74 Å². The molecule has 0 saturated carbocycles. The first-order valence-corrected chi connectivity index (χ1v) is 14.4. The molecule has 4 nitrogen and oxygen atoms in total. The molecule has 208 valence electrons. The quantitative estimate of drug-likeness (QED) is 0.242. The lowest BCUT2D eigenvalue weighted by Gasteiger charge is -2.34. The molecule has 2 aromatic carbocycles. The molecule has 3 aromatic rings. The van der Waals surface area contributed by atoms with E-state index in [0.717, 1.165) is 35.2 Å². The Kier molecular flexibility index (Phi) is 10.3. The van der Waals surface area contributed by atoms with Gasteiger partial charge in [-0.05, 0) is 85.9 Å². The molecule has 1 aromatic heterocycles. The second-order valence-electron chi connectivity index (χ2n) is 10.6. The fraction of sp³-hybridized carbons (Fsp3) is 0.429. The number of aromatic nitrogens is 1. The molecule has 1 heterocycles. The number of hydrogen-bond acceptors (Lipinski definition) is 4. The van der Waals surface area contributed by atoms with Crippen LogP contribution in [-0.4, -0.2) is 28.3 Å². The van der Waals surface area contributed by atoms with E-state index in [1.54, 1.807) is 6.20 Å². The van der Waals surface area contributed by atoms with E-state index in [1.165, 1.54) is 22.3 Å². The number of benzene rings is 2. The minimum absolute atomic E-state index is 0.0964. The van der Waals surface area contributed by atoms with Crippen LogP contribution in [0.5, 0.6) is 0 Å². The first kappa shape index (κ1) is 30.3. The molecule has 0 atom stereocenters. The van der Waals surface area contributed by atoms with Gasteiger partial charge in [-0.15, -0.1) is 0 Å². The normalized spacial score (nSPS) is 12.2. The summed E-state index contributed by atoms with van der Waals surface area (Å²) < 4.78 is 5.05. The highest BCUT2D eigenvalue weighted by Crippen LogP contribution is 2.41. The summed E-state index contributed by atoms with van der Waals surface area (Å²) in [5.41, 5.74) is 8.16. The van der Waals surface area contributed by atoms with Crippen LogP contribution in [0.15, 0.2) is 60.8 Å². The second kappa shape index (κ2) is 13.2. The highest BCUT2D eigenvalue weighted by atomic mass is 16.5. The Labute approximate surface area is 235 Å². The Balaban J connectivity index is 1.92. The van der Waals surface area contributed by atoms with Gasteiger partial charge in [-0.2, -0.15) is 0 Å². The van der Waals surface area contributed by atoms with Crippen LogP contribution < -0.4 is 0 Å². The van der Waals surface area contributed by atoms with Crippen molar-refractivity contribution < 1.29 is 14.6 Å². The maximum Gasteiger partial charge on any atom is 0.310 e. The van der Waals surface area contributed by atoms with E-state index in [1.807, 2.05) is 39.0 Å². The van der Waals surface area contributed by atoms with Crippen molar-refractivity contribution in [3.63, 3.8) is 0 Å². The number of hydrogen-bond donors (Lipinski definition) is 1. The summed E-state index contributed by atoms with van der Waals surface area (Å²) in [6, 6.07) is 17.4. The zero-order valence-electron chi connectivity index (χ0n) is 24.8. The number of nitrogens with zero attached hydrogens (tertiary/aromatic N) is 1. The first-order chi connectivity index (χ1) is 18.6. The van der Waals surface area contributed by atoms with Gasteiger partial charge in [0, 0.05) is 17.2 Å². The molecule has 4 heteroatoms. The van der Waals surface area contributed by atoms with Gasteiger partial charge >= 0.3 is 5.97 Å². The average molecular weight is 528 g/mol. The van der Waals surface area contributed by atoms with Gasteiger partial charge in [-0.25, -0.2) is 0 Å². The predicted molar refractivity (Wildman–Crippen MR) is 162 cm³/mol. The van der Waals surface area contributed by atoms with Crippen LogP contribution in [0.1, 0.15) is 93.7 Å². The maximum absolute atomic E-state index is 11.8. The third-order valence-electron chi connectivity index (χ3n) is 8.36. The van der Waals surface area contributed by atoms with E-state index in [9.17, 15) is 9.90 Å². The van der Waals surface area contributed by atoms with Gasteiger partial charge < -0.3 is 9.84 Å². The number of ether oxygens (including phenoxy) is 1. The largest absolute Gasteiger partial charge is 0.466 e. The lowest BCUT2D eigenvalue weighted by molar-refractivity contribution is -0.142. The number of aliphatic hydroxyl groups is 1. The van der Waals surface area contributed by atoms with Crippen molar-refractivity contribution in [3.05, 3.63) is 94.2 Å². The summed E-state index contributed by atoms with van der Waals surface area (Å²) in [5.74, 6) is -0.231. The monoisotopic (exact) mass is 527 g/mol. The van der Waals surface area contributed by atoms with Crippen molar-refractivity contribution in [1.82, 2.24) is 4.98 Å². The van der Waals surface area contributed by atoms with E-state index in [0.29, 0.717) is 19.4 Å². The fourth-order valence-electron chi connectivity index (χ4n) is 5.44. The first-order valence-electron chi connectivity index (χ1n) is 14.4. The molecule has 1 N–H and O–H groups in total. The minimum atomic E-state index is -0.753. The smallest absolute Gasteiger partial charge is 0.310 e. The van der Waals surface area contributed by atoms with Gasteiger partial charge in [0.2, 0.25) is 0 Å². The fourth-order valence-corrected chi connectivity index (χ4v) is 5.44. The predicted octanol–water partition coefficient (Wildman–Crippen LogP) is 8.14. The van der Waals surface area contributed by atoms with Gasteiger partial charge in [0.15, 0.2) is 0 Å². The molecule has 0 radical (unpaired) electrons. The van der Waals surface area contributed by atoms with Crippen LogP contribution in [-0.2, 0) is 21.4 Å². The van der Waals surface area contributed by atoms with Crippen molar-refractivity contribution in [2.24, 2.45) is 0 Å². The maximum atomic E-state index is 11.8. The average Bonchev–Trinajstić information content (AvgIpc) is 2.94. The molecule has 0 saturated heterocycles. The lowest BCUT2D eigenvalue weighted by Crippen LogP contribution is -2.26. The molecule has 3 rings (SSSR count). The van der Waals surface area contributed by atoms with Crippen LogP contribution in [0.4, 0.5) is 0 Å². The molecule has 0 aliphatic rings. The van der Waals surface area contributed by atoms with Crippen LogP contribution >= 0.6 is 0 Å². The molecule has 0 aliphatic heterocycles. The van der Waals surface area contributed by atoms with Gasteiger partial charge in [0.25, 0.3) is 0 Å². The van der Waals surface area contributed by atoms with Crippen LogP contribution in [0, 0.1) is 13.8 Å². The van der Waals surface area contributed by atoms with Crippen molar-refractivity contribution in [2.75, 3.05) is 6.61 Å². The van der Waals surface area contributed by atoms with Gasteiger partial charge in [0.05, 0.1) is 24.3 Å². The summed E-state index contributed by atoms with van der Waals surface area (Å²) in [5, 5.41) is 10.7. The molecule has 0 spiro atoms. The summed E-state index contributed by atoms with van der Waals surface area (Å²) in [4.78, 5) is 16.4. The van der Waals surface area contributed by atoms with E-state index >= 15 is 0 Å². The van der Waals surface area contributed by atoms with E-state index in [-0.39, 0.29) is 17.8 Å². The molecule has 0 bridgehead atoms. The molecule has 39 heavy (non-hydrogen) atoms. The third kappa shape index (κ3) is 6.86. The number of pyridine rings is 1. The van der Waals surface area contributed by atoms with E-state index in [2.05, 4.69) is 75.2 Å². The molecular formula is C35H45NO3. The SMILES string of the molecule is CCOC(=O)Cc1ccc(-c2ccc(C(CC)(CC)c3ccc(/C=C/C(O)(CC)CC)c(C)c3)cc2C)nc1. The highest BCUT2D eigenvalue weighted by molar-refractivity contribution is 5.73. The van der Waals surface area contributed by atoms with Gasteiger partial charge in [-0.1, -0.05) is 82.3 Å². The number of carbonyl (C=O) groups excluding carboxylic acids is 1. The van der Waals surface area contributed by atoms with Crippen LogP contribution in [0.3, 0.4) is 0 Å².